The highest BCUT2D eigenvalue weighted by Crippen LogP contribution is 2.18. The van der Waals surface area contributed by atoms with Gasteiger partial charge in [-0.25, -0.2) is 4.39 Å². The summed E-state index contributed by atoms with van der Waals surface area (Å²) in [6.45, 7) is 0.752. The first kappa shape index (κ1) is 14.9. The van der Waals surface area contributed by atoms with Crippen LogP contribution in [0, 0.1) is 5.82 Å². The van der Waals surface area contributed by atoms with Crippen molar-refractivity contribution in [2.45, 2.75) is 6.42 Å². The average molecular weight is 275 g/mol. The van der Waals surface area contributed by atoms with Gasteiger partial charge < -0.3 is 5.73 Å². The van der Waals surface area contributed by atoms with Crippen LogP contribution in [0.4, 0.5) is 10.1 Å². The number of nitrogens with zero attached hydrogens (tertiary/aromatic N) is 2. The lowest BCUT2D eigenvalue weighted by molar-refractivity contribution is 0.462. The number of hydrogen-bond donors (Lipinski definition) is 1. The van der Waals surface area contributed by atoms with Crippen molar-refractivity contribution < 1.29 is 12.8 Å². The maximum absolute atomic E-state index is 13.1. The van der Waals surface area contributed by atoms with E-state index in [2.05, 4.69) is 0 Å². The van der Waals surface area contributed by atoms with E-state index in [-0.39, 0.29) is 5.69 Å². The second-order valence-electron chi connectivity index (χ2n) is 3.92. The SMILES string of the molecule is CN(CCCN)S(=O)(=O)N(C)c1cccc(F)c1. The maximum atomic E-state index is 13.1. The van der Waals surface area contributed by atoms with Gasteiger partial charge in [0.25, 0.3) is 0 Å². The Morgan fingerprint density at radius 1 is 1.33 bits per heavy atom. The fourth-order valence-electron chi connectivity index (χ4n) is 1.44. The Hall–Kier alpha value is -1.18. The van der Waals surface area contributed by atoms with Crippen molar-refractivity contribution in [2.24, 2.45) is 5.73 Å². The molecule has 102 valence electrons. The van der Waals surface area contributed by atoms with E-state index in [1.807, 2.05) is 0 Å². The Labute approximate surface area is 107 Å². The third kappa shape index (κ3) is 3.41. The molecule has 0 aliphatic carbocycles. The summed E-state index contributed by atoms with van der Waals surface area (Å²) in [6, 6.07) is 5.45. The Morgan fingerprint density at radius 2 is 2.00 bits per heavy atom. The molecule has 1 rings (SSSR count). The minimum atomic E-state index is -3.64. The zero-order valence-corrected chi connectivity index (χ0v) is 11.3. The second-order valence-corrected chi connectivity index (χ2v) is 5.99. The van der Waals surface area contributed by atoms with Crippen molar-refractivity contribution >= 4 is 15.9 Å². The predicted octanol–water partition coefficient (Wildman–Crippen LogP) is 0.787. The molecule has 7 heteroatoms. The molecule has 5 nitrogen and oxygen atoms in total. The van der Waals surface area contributed by atoms with Crippen molar-refractivity contribution in [3.63, 3.8) is 0 Å². The first-order valence-corrected chi connectivity index (χ1v) is 6.95. The predicted molar refractivity (Wildman–Crippen MR) is 70.0 cm³/mol. The van der Waals surface area contributed by atoms with Crippen molar-refractivity contribution in [3.8, 4) is 0 Å². The van der Waals surface area contributed by atoms with Crippen LogP contribution in [0.15, 0.2) is 24.3 Å². The average Bonchev–Trinajstić information content (AvgIpc) is 2.34. The summed E-state index contributed by atoms with van der Waals surface area (Å²) >= 11 is 0. The van der Waals surface area contributed by atoms with Crippen molar-refractivity contribution in [1.82, 2.24) is 4.31 Å². The van der Waals surface area contributed by atoms with Gasteiger partial charge in [0.2, 0.25) is 0 Å². The zero-order chi connectivity index (χ0) is 13.8. The second kappa shape index (κ2) is 6.12. The molecule has 0 saturated carbocycles. The van der Waals surface area contributed by atoms with Crippen LogP contribution in [-0.4, -0.2) is 39.9 Å². The Bertz CT molecular complexity index is 493. The summed E-state index contributed by atoms with van der Waals surface area (Å²) in [5, 5.41) is 0. The highest BCUT2D eigenvalue weighted by Gasteiger charge is 2.23. The number of benzene rings is 1. The molecule has 0 aliphatic heterocycles. The van der Waals surface area contributed by atoms with E-state index in [1.165, 1.54) is 42.7 Å². The number of hydrogen-bond acceptors (Lipinski definition) is 3. The van der Waals surface area contributed by atoms with Gasteiger partial charge in [-0.1, -0.05) is 6.07 Å². The summed E-state index contributed by atoms with van der Waals surface area (Å²) in [7, 11) is -0.772. The molecule has 0 spiro atoms. The monoisotopic (exact) mass is 275 g/mol. The van der Waals surface area contributed by atoms with Gasteiger partial charge in [0.1, 0.15) is 5.82 Å². The van der Waals surface area contributed by atoms with Gasteiger partial charge in [0, 0.05) is 20.6 Å². The van der Waals surface area contributed by atoms with E-state index in [4.69, 9.17) is 5.73 Å². The van der Waals surface area contributed by atoms with Gasteiger partial charge in [0.05, 0.1) is 5.69 Å². The van der Waals surface area contributed by atoms with Crippen LogP contribution in [0.1, 0.15) is 6.42 Å². The third-order valence-electron chi connectivity index (χ3n) is 2.59. The lowest BCUT2D eigenvalue weighted by Gasteiger charge is -2.25. The van der Waals surface area contributed by atoms with E-state index in [0.717, 1.165) is 4.31 Å². The van der Waals surface area contributed by atoms with E-state index < -0.39 is 16.0 Å². The van der Waals surface area contributed by atoms with Gasteiger partial charge >= 0.3 is 10.2 Å². The van der Waals surface area contributed by atoms with Crippen LogP contribution in [0.2, 0.25) is 0 Å². The fraction of sp³-hybridized carbons (Fsp3) is 0.455. The van der Waals surface area contributed by atoms with Gasteiger partial charge in [-0.3, -0.25) is 4.31 Å². The highest BCUT2D eigenvalue weighted by atomic mass is 32.2. The summed E-state index contributed by atoms with van der Waals surface area (Å²) in [5.74, 6) is -0.473. The normalized spacial score (nSPS) is 11.8. The number of nitrogens with two attached hydrogens (primary N) is 1. The third-order valence-corrected chi connectivity index (χ3v) is 4.46. The molecule has 0 heterocycles. The molecule has 0 atom stereocenters. The summed E-state index contributed by atoms with van der Waals surface area (Å²) in [4.78, 5) is 0. The number of anilines is 1. The standard InChI is InChI=1S/C11H18FN3O2S/c1-14(8-4-7-13)18(16,17)15(2)11-6-3-5-10(12)9-11/h3,5-6,9H,4,7-8,13H2,1-2H3. The molecule has 1 aromatic carbocycles. The topological polar surface area (TPSA) is 66.6 Å². The van der Waals surface area contributed by atoms with Crippen LogP contribution < -0.4 is 10.0 Å². The molecular weight excluding hydrogens is 257 g/mol. The maximum Gasteiger partial charge on any atom is 0.303 e. The molecule has 0 aromatic heterocycles. The molecule has 0 bridgehead atoms. The Balaban J connectivity index is 2.91. The molecule has 0 amide bonds. The van der Waals surface area contributed by atoms with Crippen LogP contribution in [0.3, 0.4) is 0 Å². The molecule has 0 fully saturated rings. The first-order valence-electron chi connectivity index (χ1n) is 5.55. The van der Waals surface area contributed by atoms with Gasteiger partial charge in [0.15, 0.2) is 0 Å². The highest BCUT2D eigenvalue weighted by molar-refractivity contribution is 7.90. The zero-order valence-electron chi connectivity index (χ0n) is 10.5. The molecule has 2 N–H and O–H groups in total. The lowest BCUT2D eigenvalue weighted by atomic mass is 10.3. The minimum absolute atomic E-state index is 0.287. The molecule has 0 radical (unpaired) electrons. The summed E-state index contributed by atoms with van der Waals surface area (Å²) in [5.41, 5.74) is 5.63. The van der Waals surface area contributed by atoms with Crippen LogP contribution in [0.5, 0.6) is 0 Å². The van der Waals surface area contributed by atoms with Crippen LogP contribution in [0.25, 0.3) is 0 Å². The molecular formula is C11H18FN3O2S. The number of rotatable bonds is 6. The molecule has 0 saturated heterocycles. The number of halogens is 1. The first-order chi connectivity index (χ1) is 8.39. The minimum Gasteiger partial charge on any atom is -0.330 e. The molecule has 1 aromatic rings. The van der Waals surface area contributed by atoms with Crippen LogP contribution in [-0.2, 0) is 10.2 Å². The summed E-state index contributed by atoms with van der Waals surface area (Å²) in [6.07, 6.45) is 0.576. The lowest BCUT2D eigenvalue weighted by Crippen LogP contribution is -2.40. The van der Waals surface area contributed by atoms with E-state index in [0.29, 0.717) is 19.5 Å². The fourth-order valence-corrected chi connectivity index (χ4v) is 2.60. The van der Waals surface area contributed by atoms with Crippen molar-refractivity contribution in [3.05, 3.63) is 30.1 Å². The Kier molecular flexibility index (Phi) is 5.06. The Morgan fingerprint density at radius 3 is 2.56 bits per heavy atom. The van der Waals surface area contributed by atoms with Gasteiger partial charge in [-0.15, -0.1) is 0 Å². The quantitative estimate of drug-likeness (QED) is 0.834. The molecule has 18 heavy (non-hydrogen) atoms. The van der Waals surface area contributed by atoms with Crippen molar-refractivity contribution in [1.29, 1.82) is 0 Å². The van der Waals surface area contributed by atoms with E-state index in [1.54, 1.807) is 0 Å². The van der Waals surface area contributed by atoms with E-state index >= 15 is 0 Å². The van der Waals surface area contributed by atoms with E-state index in [9.17, 15) is 12.8 Å². The van der Waals surface area contributed by atoms with Crippen LogP contribution >= 0.6 is 0 Å². The van der Waals surface area contributed by atoms with Gasteiger partial charge in [-0.05, 0) is 31.2 Å². The molecule has 0 aliphatic rings. The van der Waals surface area contributed by atoms with Crippen molar-refractivity contribution in [2.75, 3.05) is 31.5 Å². The molecule has 0 unspecified atom stereocenters. The summed E-state index contributed by atoms with van der Waals surface area (Å²) < 4.78 is 39.6. The van der Waals surface area contributed by atoms with Gasteiger partial charge in [-0.2, -0.15) is 12.7 Å². The largest absolute Gasteiger partial charge is 0.330 e. The smallest absolute Gasteiger partial charge is 0.303 e.